The number of rotatable bonds is 4. The van der Waals surface area contributed by atoms with Crippen molar-refractivity contribution in [1.82, 2.24) is 0 Å². The Hall–Kier alpha value is -1.62. The maximum Gasteiger partial charge on any atom is 0.331 e. The largest absolute Gasteiger partial charge is 0.481 e. The molecule has 1 atom stereocenters. The Labute approximate surface area is 93.0 Å². The molecule has 88 valence electrons. The molecule has 0 bridgehead atoms. The number of hydrogen-bond donors (Lipinski definition) is 2. The van der Waals surface area contributed by atoms with Crippen molar-refractivity contribution in [2.75, 3.05) is 13.7 Å². The molecular formula is C11H14O5. The second kappa shape index (κ2) is 4.49. The van der Waals surface area contributed by atoms with Crippen LogP contribution >= 0.6 is 0 Å². The molecule has 0 amide bonds. The van der Waals surface area contributed by atoms with Crippen molar-refractivity contribution in [3.8, 4) is 0 Å². The van der Waals surface area contributed by atoms with Gasteiger partial charge in [-0.1, -0.05) is 12.2 Å². The van der Waals surface area contributed by atoms with E-state index in [4.69, 9.17) is 14.9 Å². The molecule has 1 unspecified atom stereocenters. The Morgan fingerprint density at radius 3 is 2.56 bits per heavy atom. The maximum absolute atomic E-state index is 11.0. The Kier molecular flexibility index (Phi) is 3.49. The molecule has 5 nitrogen and oxygen atoms in total. The third-order valence-electron chi connectivity index (χ3n) is 2.63. The molecule has 2 N–H and O–H groups in total. The Morgan fingerprint density at radius 1 is 1.50 bits per heavy atom. The molecule has 16 heavy (non-hydrogen) atoms. The second-order valence-corrected chi connectivity index (χ2v) is 3.97. The van der Waals surface area contributed by atoms with Gasteiger partial charge in [-0.25, -0.2) is 4.79 Å². The van der Waals surface area contributed by atoms with Gasteiger partial charge in [-0.05, 0) is 18.9 Å². The van der Waals surface area contributed by atoms with Crippen LogP contribution in [0.15, 0.2) is 23.3 Å². The number of methoxy groups -OCH3 is 1. The highest BCUT2D eigenvalue weighted by Gasteiger charge is 2.36. The van der Waals surface area contributed by atoms with Crippen LogP contribution in [-0.2, 0) is 14.3 Å². The molecular weight excluding hydrogens is 212 g/mol. The van der Waals surface area contributed by atoms with Gasteiger partial charge >= 0.3 is 11.9 Å². The lowest BCUT2D eigenvalue weighted by Gasteiger charge is -2.26. The zero-order chi connectivity index (χ0) is 12.3. The highest BCUT2D eigenvalue weighted by Crippen LogP contribution is 2.34. The number of carboxylic acid groups (broad SMARTS) is 2. The van der Waals surface area contributed by atoms with E-state index in [0.717, 1.165) is 0 Å². The van der Waals surface area contributed by atoms with E-state index in [-0.39, 0.29) is 18.6 Å². The third-order valence-corrected chi connectivity index (χ3v) is 2.63. The minimum atomic E-state index is -1.15. The number of hydrogen-bond acceptors (Lipinski definition) is 3. The van der Waals surface area contributed by atoms with Crippen molar-refractivity contribution in [2.24, 2.45) is 5.41 Å². The summed E-state index contributed by atoms with van der Waals surface area (Å²) >= 11 is 0. The van der Waals surface area contributed by atoms with E-state index in [1.165, 1.54) is 26.2 Å². The van der Waals surface area contributed by atoms with Crippen molar-refractivity contribution >= 4 is 11.9 Å². The van der Waals surface area contributed by atoms with Crippen molar-refractivity contribution in [3.05, 3.63) is 23.3 Å². The summed E-state index contributed by atoms with van der Waals surface area (Å²) in [6, 6.07) is 0. The molecule has 1 aliphatic carbocycles. The van der Waals surface area contributed by atoms with Crippen LogP contribution in [0.4, 0.5) is 0 Å². The predicted molar refractivity (Wildman–Crippen MR) is 56.0 cm³/mol. The number of carboxylic acids is 2. The van der Waals surface area contributed by atoms with Crippen LogP contribution < -0.4 is 0 Å². The third kappa shape index (κ3) is 2.30. The Morgan fingerprint density at radius 2 is 2.12 bits per heavy atom. The average Bonchev–Trinajstić information content (AvgIpc) is 2.20. The summed E-state index contributed by atoms with van der Waals surface area (Å²) in [6.45, 7) is 1.67. The fraction of sp³-hybridized carbons (Fsp3) is 0.455. The predicted octanol–water partition coefficient (Wildman–Crippen LogP) is 1.06. The summed E-state index contributed by atoms with van der Waals surface area (Å²) in [5.74, 6) is -2.12. The smallest absolute Gasteiger partial charge is 0.331 e. The highest BCUT2D eigenvalue weighted by molar-refractivity contribution is 5.91. The van der Waals surface area contributed by atoms with E-state index in [9.17, 15) is 9.59 Å². The van der Waals surface area contributed by atoms with Crippen LogP contribution in [0.1, 0.15) is 13.3 Å². The zero-order valence-corrected chi connectivity index (χ0v) is 9.19. The molecule has 0 aromatic carbocycles. The first-order chi connectivity index (χ1) is 7.40. The highest BCUT2D eigenvalue weighted by atomic mass is 16.5. The van der Waals surface area contributed by atoms with Gasteiger partial charge in [0.2, 0.25) is 0 Å². The molecule has 0 saturated carbocycles. The summed E-state index contributed by atoms with van der Waals surface area (Å²) in [4.78, 5) is 22.0. The SMILES string of the molecule is COCC1=C(C(=O)O)CC(C)(C(=O)O)C=C1. The monoisotopic (exact) mass is 226 g/mol. The molecule has 0 aliphatic heterocycles. The fourth-order valence-corrected chi connectivity index (χ4v) is 1.58. The number of carbonyl (C=O) groups is 2. The van der Waals surface area contributed by atoms with Gasteiger partial charge in [0.25, 0.3) is 0 Å². The molecule has 0 aromatic rings. The van der Waals surface area contributed by atoms with Crippen molar-refractivity contribution in [2.45, 2.75) is 13.3 Å². The molecule has 5 heteroatoms. The first-order valence-corrected chi connectivity index (χ1v) is 4.77. The lowest BCUT2D eigenvalue weighted by atomic mass is 9.78. The van der Waals surface area contributed by atoms with E-state index >= 15 is 0 Å². The van der Waals surface area contributed by atoms with Gasteiger partial charge in [-0.15, -0.1) is 0 Å². The molecule has 1 aliphatic rings. The standard InChI is InChI=1S/C11H14O5/c1-11(10(14)15)4-3-7(6-16-2)8(5-11)9(12)13/h3-4H,5-6H2,1-2H3,(H,12,13)(H,14,15). The Bertz CT molecular complexity index is 380. The van der Waals surface area contributed by atoms with E-state index < -0.39 is 17.4 Å². The molecule has 0 spiro atoms. The molecule has 0 fully saturated rings. The van der Waals surface area contributed by atoms with Crippen molar-refractivity contribution < 1.29 is 24.5 Å². The number of ether oxygens (including phenoxy) is 1. The van der Waals surface area contributed by atoms with Crippen LogP contribution in [-0.4, -0.2) is 35.9 Å². The average molecular weight is 226 g/mol. The topological polar surface area (TPSA) is 83.8 Å². The number of aliphatic carboxylic acids is 2. The Balaban J connectivity index is 3.07. The molecule has 0 aromatic heterocycles. The summed E-state index contributed by atoms with van der Waals surface area (Å²) in [5, 5.41) is 18.0. The van der Waals surface area contributed by atoms with Crippen molar-refractivity contribution in [3.63, 3.8) is 0 Å². The van der Waals surface area contributed by atoms with E-state index in [2.05, 4.69) is 0 Å². The van der Waals surface area contributed by atoms with Crippen LogP contribution in [0.5, 0.6) is 0 Å². The normalized spacial score (nSPS) is 24.6. The molecule has 0 radical (unpaired) electrons. The van der Waals surface area contributed by atoms with E-state index in [1.807, 2.05) is 0 Å². The van der Waals surface area contributed by atoms with E-state index in [0.29, 0.717) is 5.57 Å². The van der Waals surface area contributed by atoms with Gasteiger partial charge in [0.05, 0.1) is 12.0 Å². The lowest BCUT2D eigenvalue weighted by molar-refractivity contribution is -0.145. The summed E-state index contributed by atoms with van der Waals surface area (Å²) in [7, 11) is 1.46. The minimum absolute atomic E-state index is 0.0210. The molecule has 1 rings (SSSR count). The minimum Gasteiger partial charge on any atom is -0.481 e. The van der Waals surface area contributed by atoms with E-state index in [1.54, 1.807) is 0 Å². The van der Waals surface area contributed by atoms with Crippen LogP contribution in [0.2, 0.25) is 0 Å². The molecule has 0 heterocycles. The second-order valence-electron chi connectivity index (χ2n) is 3.97. The fourth-order valence-electron chi connectivity index (χ4n) is 1.58. The summed E-state index contributed by atoms with van der Waals surface area (Å²) in [5.41, 5.74) is -0.520. The zero-order valence-electron chi connectivity index (χ0n) is 9.19. The summed E-state index contributed by atoms with van der Waals surface area (Å²) in [6.07, 6.45) is 3.01. The van der Waals surface area contributed by atoms with Gasteiger partial charge < -0.3 is 14.9 Å². The first kappa shape index (κ1) is 12.4. The van der Waals surface area contributed by atoms with Crippen LogP contribution in [0, 0.1) is 5.41 Å². The summed E-state index contributed by atoms with van der Waals surface area (Å²) < 4.78 is 4.87. The van der Waals surface area contributed by atoms with Gasteiger partial charge in [-0.2, -0.15) is 0 Å². The van der Waals surface area contributed by atoms with Crippen LogP contribution in [0.25, 0.3) is 0 Å². The van der Waals surface area contributed by atoms with Gasteiger partial charge in [0.15, 0.2) is 0 Å². The first-order valence-electron chi connectivity index (χ1n) is 4.77. The lowest BCUT2D eigenvalue weighted by Crippen LogP contribution is -2.30. The quantitative estimate of drug-likeness (QED) is 0.749. The van der Waals surface area contributed by atoms with Gasteiger partial charge in [0, 0.05) is 12.7 Å². The maximum atomic E-state index is 11.0. The van der Waals surface area contributed by atoms with Gasteiger partial charge in [-0.3, -0.25) is 4.79 Å². The van der Waals surface area contributed by atoms with Crippen molar-refractivity contribution in [1.29, 1.82) is 0 Å². The molecule has 0 saturated heterocycles. The van der Waals surface area contributed by atoms with Gasteiger partial charge in [0.1, 0.15) is 0 Å². The van der Waals surface area contributed by atoms with Crippen LogP contribution in [0.3, 0.4) is 0 Å².